The van der Waals surface area contributed by atoms with Crippen molar-refractivity contribution in [3.05, 3.63) is 30.3 Å². The van der Waals surface area contributed by atoms with E-state index in [-0.39, 0.29) is 0 Å². The summed E-state index contributed by atoms with van der Waals surface area (Å²) in [5.41, 5.74) is 0. The highest BCUT2D eigenvalue weighted by Gasteiger charge is 2.27. The van der Waals surface area contributed by atoms with Crippen molar-refractivity contribution in [2.45, 2.75) is 32.6 Å². The number of hydrogen-bond acceptors (Lipinski definition) is 4. The number of unbranched alkanes of at least 4 members (excludes halogenated alkanes) is 2. The fourth-order valence-electron chi connectivity index (χ4n) is 1.96. The van der Waals surface area contributed by atoms with Gasteiger partial charge in [0.25, 0.3) is 0 Å². The Morgan fingerprint density at radius 3 is 2.71 bits per heavy atom. The van der Waals surface area contributed by atoms with Gasteiger partial charge in [-0.15, -0.1) is 0 Å². The molecule has 21 heavy (non-hydrogen) atoms. The Morgan fingerprint density at radius 1 is 1.29 bits per heavy atom. The molecule has 0 aliphatic heterocycles. The SMILES string of the molecule is CCCCOc1ccccc1P(=O)(CCCC=C=O)OC. The molecule has 0 aliphatic carbocycles. The lowest BCUT2D eigenvalue weighted by atomic mass is 10.3. The van der Waals surface area contributed by atoms with Crippen LogP contribution in [0.25, 0.3) is 0 Å². The van der Waals surface area contributed by atoms with Crippen molar-refractivity contribution in [2.24, 2.45) is 0 Å². The first-order valence-corrected chi connectivity index (χ1v) is 9.05. The molecule has 0 amide bonds. The summed E-state index contributed by atoms with van der Waals surface area (Å²) in [6, 6.07) is 7.31. The molecule has 0 spiro atoms. The molecule has 1 aromatic rings. The molecule has 4 nitrogen and oxygen atoms in total. The molecule has 1 rings (SSSR count). The van der Waals surface area contributed by atoms with Gasteiger partial charge in [-0.2, -0.15) is 0 Å². The Labute approximate surface area is 126 Å². The normalized spacial score (nSPS) is 13.2. The van der Waals surface area contributed by atoms with Crippen LogP contribution < -0.4 is 10.0 Å². The molecule has 1 aromatic carbocycles. The van der Waals surface area contributed by atoms with Crippen LogP contribution in [0.5, 0.6) is 5.75 Å². The number of para-hydroxylation sites is 1. The van der Waals surface area contributed by atoms with E-state index < -0.39 is 7.37 Å². The van der Waals surface area contributed by atoms with Gasteiger partial charge in [-0.1, -0.05) is 25.5 Å². The lowest BCUT2D eigenvalue weighted by molar-refractivity contribution is 0.310. The average molecular weight is 310 g/mol. The number of carbonyl (C=O) groups excluding carboxylic acids is 1. The van der Waals surface area contributed by atoms with Crippen molar-refractivity contribution in [2.75, 3.05) is 19.9 Å². The molecule has 0 N–H and O–H groups in total. The average Bonchev–Trinajstić information content (AvgIpc) is 2.52. The van der Waals surface area contributed by atoms with E-state index in [1.165, 1.54) is 13.2 Å². The van der Waals surface area contributed by atoms with E-state index in [4.69, 9.17) is 9.26 Å². The van der Waals surface area contributed by atoms with Crippen LogP contribution >= 0.6 is 7.37 Å². The summed E-state index contributed by atoms with van der Waals surface area (Å²) >= 11 is 0. The zero-order valence-corrected chi connectivity index (χ0v) is 13.6. The second kappa shape index (κ2) is 9.57. The smallest absolute Gasteiger partial charge is 0.235 e. The topological polar surface area (TPSA) is 52.6 Å². The largest absolute Gasteiger partial charge is 0.493 e. The van der Waals surface area contributed by atoms with Crippen LogP contribution in [0.3, 0.4) is 0 Å². The Bertz CT molecular complexity index is 521. The molecular weight excluding hydrogens is 287 g/mol. The molecule has 0 aliphatic rings. The molecule has 1 unspecified atom stereocenters. The van der Waals surface area contributed by atoms with E-state index in [1.54, 1.807) is 12.0 Å². The van der Waals surface area contributed by atoms with E-state index in [0.29, 0.717) is 36.7 Å². The van der Waals surface area contributed by atoms with Gasteiger partial charge >= 0.3 is 0 Å². The fraction of sp³-hybridized carbons (Fsp3) is 0.500. The molecule has 0 bridgehead atoms. The third kappa shape index (κ3) is 5.51. The maximum Gasteiger partial charge on any atom is 0.235 e. The number of benzene rings is 1. The number of hydrogen-bond donors (Lipinski definition) is 0. The molecule has 0 fully saturated rings. The minimum Gasteiger partial charge on any atom is -0.493 e. The lowest BCUT2D eigenvalue weighted by Gasteiger charge is -2.19. The molecule has 116 valence electrons. The maximum absolute atomic E-state index is 13.0. The maximum atomic E-state index is 13.0. The van der Waals surface area contributed by atoms with E-state index in [2.05, 4.69) is 6.92 Å². The summed E-state index contributed by atoms with van der Waals surface area (Å²) in [7, 11) is -1.50. The first kappa shape index (κ1) is 17.7. The van der Waals surface area contributed by atoms with Crippen molar-refractivity contribution < 1.29 is 18.6 Å². The van der Waals surface area contributed by atoms with E-state index in [9.17, 15) is 9.36 Å². The third-order valence-corrected chi connectivity index (χ3v) is 5.77. The van der Waals surface area contributed by atoms with Gasteiger partial charge in [0, 0.05) is 13.3 Å². The quantitative estimate of drug-likeness (QED) is 0.376. The van der Waals surface area contributed by atoms with Crippen LogP contribution in [0.4, 0.5) is 0 Å². The molecule has 5 heteroatoms. The van der Waals surface area contributed by atoms with Crippen molar-refractivity contribution >= 4 is 18.6 Å². The fourth-order valence-corrected chi connectivity index (χ4v) is 3.96. The molecule has 0 radical (unpaired) electrons. The second-order valence-corrected chi connectivity index (χ2v) is 7.35. The Balaban J connectivity index is 2.87. The molecular formula is C16H23O4P. The summed E-state index contributed by atoms with van der Waals surface area (Å²) < 4.78 is 24.0. The summed E-state index contributed by atoms with van der Waals surface area (Å²) in [6.45, 7) is 2.70. The van der Waals surface area contributed by atoms with Gasteiger partial charge < -0.3 is 9.26 Å². The second-order valence-electron chi connectivity index (χ2n) is 4.71. The minimum atomic E-state index is -2.95. The van der Waals surface area contributed by atoms with Gasteiger partial charge in [-0.3, -0.25) is 4.57 Å². The van der Waals surface area contributed by atoms with Crippen LogP contribution in [-0.4, -0.2) is 25.8 Å². The number of allylic oxidation sites excluding steroid dienone is 1. The van der Waals surface area contributed by atoms with Crippen LogP contribution in [0.2, 0.25) is 0 Å². The summed E-state index contributed by atoms with van der Waals surface area (Å²) in [4.78, 5) is 10.2. The van der Waals surface area contributed by atoms with E-state index in [1.807, 2.05) is 18.2 Å². The molecule has 0 aromatic heterocycles. The highest BCUT2D eigenvalue weighted by molar-refractivity contribution is 7.67. The van der Waals surface area contributed by atoms with Crippen LogP contribution in [0, 0.1) is 0 Å². The molecule has 1 atom stereocenters. The Kier molecular flexibility index (Phi) is 8.07. The molecule has 0 saturated carbocycles. The van der Waals surface area contributed by atoms with Crippen LogP contribution in [0.15, 0.2) is 30.3 Å². The van der Waals surface area contributed by atoms with Crippen molar-refractivity contribution in [3.63, 3.8) is 0 Å². The van der Waals surface area contributed by atoms with Gasteiger partial charge in [-0.25, -0.2) is 4.79 Å². The van der Waals surface area contributed by atoms with Crippen molar-refractivity contribution in [3.8, 4) is 5.75 Å². The van der Waals surface area contributed by atoms with Gasteiger partial charge in [0.2, 0.25) is 7.37 Å². The Hall–Kier alpha value is -1.34. The van der Waals surface area contributed by atoms with Crippen molar-refractivity contribution in [1.82, 2.24) is 0 Å². The monoisotopic (exact) mass is 310 g/mol. The first-order valence-electron chi connectivity index (χ1n) is 7.24. The Morgan fingerprint density at radius 2 is 2.05 bits per heavy atom. The van der Waals surface area contributed by atoms with Gasteiger partial charge in [0.15, 0.2) is 0 Å². The number of rotatable bonds is 10. The first-order chi connectivity index (χ1) is 10.2. The summed E-state index contributed by atoms with van der Waals surface area (Å²) in [6.07, 6.45) is 4.96. The predicted molar refractivity (Wildman–Crippen MR) is 85.5 cm³/mol. The van der Waals surface area contributed by atoms with E-state index >= 15 is 0 Å². The zero-order valence-electron chi connectivity index (χ0n) is 12.7. The van der Waals surface area contributed by atoms with E-state index in [0.717, 1.165) is 12.8 Å². The number of ether oxygens (including phenoxy) is 1. The van der Waals surface area contributed by atoms with Crippen LogP contribution in [0.1, 0.15) is 32.6 Å². The highest BCUT2D eigenvalue weighted by atomic mass is 31.2. The standard InChI is InChI=1S/C16H23O4P/c1-3-4-13-20-15-10-6-7-11-16(15)21(18,19-2)14-9-5-8-12-17/h6-8,10-11H,3-5,9,13-14H2,1-2H3. The van der Waals surface area contributed by atoms with Crippen LogP contribution in [-0.2, 0) is 13.9 Å². The third-order valence-electron chi connectivity index (χ3n) is 3.17. The van der Waals surface area contributed by atoms with Crippen molar-refractivity contribution in [1.29, 1.82) is 0 Å². The minimum absolute atomic E-state index is 0.385. The zero-order chi connectivity index (χ0) is 15.6. The molecule has 0 heterocycles. The lowest BCUT2D eigenvalue weighted by Crippen LogP contribution is -2.14. The van der Waals surface area contributed by atoms with Gasteiger partial charge in [-0.05, 0) is 37.5 Å². The summed E-state index contributed by atoms with van der Waals surface area (Å²) in [5, 5.41) is 0.624. The highest BCUT2D eigenvalue weighted by Crippen LogP contribution is 2.48. The molecule has 0 saturated heterocycles. The van der Waals surface area contributed by atoms with Gasteiger partial charge in [0.05, 0.1) is 11.9 Å². The van der Waals surface area contributed by atoms with Gasteiger partial charge in [0.1, 0.15) is 11.7 Å². The summed E-state index contributed by atoms with van der Waals surface area (Å²) in [5.74, 6) is 2.35. The predicted octanol–water partition coefficient (Wildman–Crippen LogP) is 3.58.